The van der Waals surface area contributed by atoms with Crippen LogP contribution in [0.1, 0.15) is 536 Å². The Morgan fingerprint density at radius 3 is 0.602 bits per heavy atom. The van der Waals surface area contributed by atoms with Crippen LogP contribution in [0.4, 0.5) is 0 Å². The second-order valence-corrected chi connectivity index (χ2v) is 39.2. The number of ether oxygens (including phenoxy) is 4. The van der Waals surface area contributed by atoms with Crippen LogP contribution in [0.2, 0.25) is 0 Å². The van der Waals surface area contributed by atoms with Crippen molar-refractivity contribution in [2.75, 3.05) is 39.6 Å². The molecule has 0 aliphatic heterocycles. The van der Waals surface area contributed by atoms with E-state index in [2.05, 4.69) is 48.5 Å². The Morgan fingerprint density at radius 2 is 0.407 bits per heavy atom. The molecule has 0 radical (unpaired) electrons. The number of hydrogen-bond acceptors (Lipinski definition) is 15. The molecule has 0 fully saturated rings. The Balaban J connectivity index is 5.24. The average molecular weight is 1720 g/mol. The van der Waals surface area contributed by atoms with Crippen molar-refractivity contribution in [3.63, 3.8) is 0 Å². The van der Waals surface area contributed by atoms with Gasteiger partial charge in [-0.05, 0) is 43.4 Å². The van der Waals surface area contributed by atoms with Crippen molar-refractivity contribution in [3.8, 4) is 0 Å². The molecular weight excluding hydrogens is 1520 g/mol. The largest absolute Gasteiger partial charge is 0.472 e. The summed E-state index contributed by atoms with van der Waals surface area (Å²) in [5, 5.41) is 10.7. The van der Waals surface area contributed by atoms with Crippen LogP contribution in [0.15, 0.2) is 0 Å². The normalized spacial score (nSPS) is 14.4. The predicted molar refractivity (Wildman–Crippen MR) is 492 cm³/mol. The van der Waals surface area contributed by atoms with Gasteiger partial charge in [0.05, 0.1) is 26.4 Å². The molecule has 0 aromatic carbocycles. The minimum Gasteiger partial charge on any atom is -0.462 e. The summed E-state index contributed by atoms with van der Waals surface area (Å²) < 4.78 is 69.3. The minimum atomic E-state index is -4.98. The molecule has 0 aromatic rings. The van der Waals surface area contributed by atoms with Gasteiger partial charge in [0.1, 0.15) is 19.3 Å². The maximum atomic E-state index is 13.2. The lowest BCUT2D eigenvalue weighted by Gasteiger charge is -2.21. The van der Waals surface area contributed by atoms with Gasteiger partial charge in [-0.15, -0.1) is 0 Å². The lowest BCUT2D eigenvalue weighted by atomic mass is 9.99. The quantitative estimate of drug-likeness (QED) is 0.0222. The third kappa shape index (κ3) is 87.5. The van der Waals surface area contributed by atoms with Gasteiger partial charge in [0, 0.05) is 25.7 Å². The zero-order valence-corrected chi connectivity index (χ0v) is 80.2. The second-order valence-electron chi connectivity index (χ2n) is 36.3. The van der Waals surface area contributed by atoms with Crippen molar-refractivity contribution in [1.29, 1.82) is 0 Å². The predicted octanol–water partition coefficient (Wildman–Crippen LogP) is 31.2. The molecular formula is C99H194O17P2. The van der Waals surface area contributed by atoms with E-state index >= 15 is 0 Å². The molecule has 0 heterocycles. The maximum Gasteiger partial charge on any atom is 0.472 e. The van der Waals surface area contributed by atoms with Crippen LogP contribution >= 0.6 is 15.6 Å². The molecule has 19 heteroatoms. The molecule has 3 N–H and O–H groups in total. The molecule has 0 aliphatic rings. The average Bonchev–Trinajstić information content (AvgIpc) is 0.903. The molecule has 17 nitrogen and oxygen atoms in total. The fourth-order valence-corrected chi connectivity index (χ4v) is 17.1. The molecule has 0 amide bonds. The molecule has 0 spiro atoms. The number of phosphoric ester groups is 2. The van der Waals surface area contributed by atoms with Gasteiger partial charge in [0.15, 0.2) is 12.2 Å². The van der Waals surface area contributed by atoms with Crippen LogP contribution in [-0.2, 0) is 65.4 Å². The van der Waals surface area contributed by atoms with E-state index in [4.69, 9.17) is 37.0 Å². The van der Waals surface area contributed by atoms with Gasteiger partial charge in [-0.3, -0.25) is 37.3 Å². The minimum absolute atomic E-state index is 0.109. The lowest BCUT2D eigenvalue weighted by molar-refractivity contribution is -0.161. The fourth-order valence-electron chi connectivity index (χ4n) is 15.6. The van der Waals surface area contributed by atoms with Gasteiger partial charge in [0.2, 0.25) is 0 Å². The fraction of sp³-hybridized carbons (Fsp3) is 0.960. The number of aliphatic hydroxyl groups is 1. The van der Waals surface area contributed by atoms with E-state index in [9.17, 15) is 43.2 Å². The monoisotopic (exact) mass is 1720 g/mol. The van der Waals surface area contributed by atoms with Gasteiger partial charge >= 0.3 is 39.5 Å². The first kappa shape index (κ1) is 116. The van der Waals surface area contributed by atoms with Crippen molar-refractivity contribution >= 4 is 39.5 Å². The van der Waals surface area contributed by atoms with Gasteiger partial charge in [-0.2, -0.15) is 0 Å². The number of carbonyl (C=O) groups excluding carboxylic acids is 4. The smallest absolute Gasteiger partial charge is 0.462 e. The van der Waals surface area contributed by atoms with E-state index in [1.807, 2.05) is 0 Å². The zero-order valence-electron chi connectivity index (χ0n) is 78.4. The first-order valence-electron chi connectivity index (χ1n) is 51.0. The molecule has 0 saturated carbocycles. The zero-order chi connectivity index (χ0) is 86.4. The van der Waals surface area contributed by atoms with E-state index in [0.717, 1.165) is 108 Å². The molecule has 5 unspecified atom stereocenters. The van der Waals surface area contributed by atoms with Crippen molar-refractivity contribution in [3.05, 3.63) is 0 Å². The second kappa shape index (κ2) is 88.5. The molecule has 0 aromatic heterocycles. The van der Waals surface area contributed by atoms with Crippen molar-refractivity contribution in [2.24, 2.45) is 17.8 Å². The van der Waals surface area contributed by atoms with Crippen LogP contribution in [0, 0.1) is 17.8 Å². The Bertz CT molecular complexity index is 2260. The highest BCUT2D eigenvalue weighted by molar-refractivity contribution is 7.47. The van der Waals surface area contributed by atoms with E-state index in [0.29, 0.717) is 25.7 Å². The Kier molecular flexibility index (Phi) is 87.0. The number of rotatable bonds is 97. The maximum absolute atomic E-state index is 13.2. The van der Waals surface area contributed by atoms with Crippen molar-refractivity contribution < 1.29 is 80.2 Å². The molecule has 0 bridgehead atoms. The highest BCUT2D eigenvalue weighted by Crippen LogP contribution is 2.45. The Hall–Kier alpha value is -1.94. The van der Waals surface area contributed by atoms with Crippen molar-refractivity contribution in [1.82, 2.24) is 0 Å². The standard InChI is InChI=1S/C99H194O17P2/c1-8-12-13-14-15-16-17-18-19-20-21-22-23-24-32-37-42-47-52-61-68-76-83-99(104)116-95(87-110-97(102)81-74-67-60-55-54-58-65-72-79-92(7)11-4)89-114-118(107,108)112-85-93(100)84-111-117(105,106)113-88-94(115-98(103)82-75-69-62-53-48-43-38-33-28-26-30-35-40-45-50-57-64-71-78-91(6)10-3)86-109-96(101)80-73-66-59-51-46-41-36-31-27-25-29-34-39-44-49-56-63-70-77-90(5)9-2/h90-95,100H,8-89H2,1-7H3,(H,105,106)(H,107,108)/t90?,91?,92?,93-,94-,95-/m1/s1. The highest BCUT2D eigenvalue weighted by atomic mass is 31.2. The summed E-state index contributed by atoms with van der Waals surface area (Å²) >= 11 is 0. The van der Waals surface area contributed by atoms with E-state index in [1.54, 1.807) is 0 Å². The highest BCUT2D eigenvalue weighted by Gasteiger charge is 2.31. The molecule has 8 atom stereocenters. The SMILES string of the molecule is CCCCCCCCCCCCCCCCCCCCCCCCC(=O)O[C@H](COC(=O)CCCCCCCCCCC(C)CC)COP(=O)(O)OC[C@H](O)COP(=O)(O)OC[C@@H](COC(=O)CCCCCCCCCCCCCCCCCCCCC(C)CC)OC(=O)CCCCCCCCCCCCCCCCCCCCC(C)CC. The van der Waals surface area contributed by atoms with Crippen LogP contribution in [0.3, 0.4) is 0 Å². The summed E-state index contributed by atoms with van der Waals surface area (Å²) in [5.41, 5.74) is 0. The lowest BCUT2D eigenvalue weighted by Crippen LogP contribution is -2.30. The Labute approximate surface area is 728 Å². The molecule has 0 aliphatic carbocycles. The van der Waals surface area contributed by atoms with Crippen molar-refractivity contribution in [2.45, 2.75) is 555 Å². The van der Waals surface area contributed by atoms with Crippen LogP contribution in [0.25, 0.3) is 0 Å². The summed E-state index contributed by atoms with van der Waals surface area (Å²) in [6.45, 7) is 12.2. The number of carbonyl (C=O) groups is 4. The third-order valence-electron chi connectivity index (χ3n) is 24.5. The van der Waals surface area contributed by atoms with Gasteiger partial charge < -0.3 is 33.8 Å². The number of phosphoric acid groups is 2. The first-order valence-corrected chi connectivity index (χ1v) is 54.0. The summed E-state index contributed by atoms with van der Waals surface area (Å²) in [4.78, 5) is 73.7. The van der Waals surface area contributed by atoms with Gasteiger partial charge in [0.25, 0.3) is 0 Å². The van der Waals surface area contributed by atoms with Crippen LogP contribution < -0.4 is 0 Å². The number of unbranched alkanes of at least 4 members (excludes halogenated alkanes) is 62. The first-order chi connectivity index (χ1) is 57.3. The molecule has 0 saturated heterocycles. The van der Waals surface area contributed by atoms with Gasteiger partial charge in [-0.1, -0.05) is 485 Å². The number of hydrogen-bond donors (Lipinski definition) is 3. The van der Waals surface area contributed by atoms with E-state index < -0.39 is 97.5 Å². The summed E-state index contributed by atoms with van der Waals surface area (Å²) in [6, 6.07) is 0. The third-order valence-corrected chi connectivity index (χ3v) is 26.4. The number of aliphatic hydroxyl groups excluding tert-OH is 1. The topological polar surface area (TPSA) is 237 Å². The van der Waals surface area contributed by atoms with Crippen LogP contribution in [-0.4, -0.2) is 96.7 Å². The summed E-state index contributed by atoms with van der Waals surface area (Å²) in [5.74, 6) is 0.431. The molecule has 0 rings (SSSR count). The summed E-state index contributed by atoms with van der Waals surface area (Å²) in [7, 11) is -9.95. The van der Waals surface area contributed by atoms with Gasteiger partial charge in [-0.25, -0.2) is 9.13 Å². The van der Waals surface area contributed by atoms with Crippen LogP contribution in [0.5, 0.6) is 0 Å². The summed E-state index contributed by atoms with van der Waals surface area (Å²) in [6.07, 6.45) is 84.9. The molecule has 702 valence electrons. The van der Waals surface area contributed by atoms with E-state index in [-0.39, 0.29) is 25.7 Å². The Morgan fingerprint density at radius 1 is 0.237 bits per heavy atom. The van der Waals surface area contributed by atoms with E-state index in [1.165, 1.54) is 347 Å². The number of esters is 4. The molecule has 118 heavy (non-hydrogen) atoms.